The molecule has 0 aliphatic carbocycles. The predicted molar refractivity (Wildman–Crippen MR) is 50.3 cm³/mol. The van der Waals surface area contributed by atoms with Crippen LogP contribution in [0.2, 0.25) is 0 Å². The molecule has 0 heterocycles. The van der Waals surface area contributed by atoms with Crippen molar-refractivity contribution in [2.45, 2.75) is 25.9 Å². The maximum absolute atomic E-state index is 11.0. The number of carbonyl (C=O) groups is 2. The minimum absolute atomic E-state index is 0.245. The van der Waals surface area contributed by atoms with Crippen LogP contribution in [-0.2, 0) is 9.59 Å². The van der Waals surface area contributed by atoms with Gasteiger partial charge in [-0.3, -0.25) is 9.59 Å². The van der Waals surface area contributed by atoms with Gasteiger partial charge in [0.25, 0.3) is 0 Å². The summed E-state index contributed by atoms with van der Waals surface area (Å²) in [5.41, 5.74) is 7.09. The first-order valence-corrected chi connectivity index (χ1v) is 4.36. The second-order valence-corrected chi connectivity index (χ2v) is 3.09. The van der Waals surface area contributed by atoms with Gasteiger partial charge in [-0.25, -0.2) is 5.73 Å². The van der Waals surface area contributed by atoms with Gasteiger partial charge in [0.2, 0.25) is 11.8 Å². The molecule has 0 aromatic carbocycles. The van der Waals surface area contributed by atoms with Crippen molar-refractivity contribution in [1.82, 2.24) is 16.4 Å². The molecule has 0 aromatic heterocycles. The second kappa shape index (κ2) is 6.33. The van der Waals surface area contributed by atoms with Crippen molar-refractivity contribution in [1.29, 1.82) is 0 Å². The number of amides is 2. The van der Waals surface area contributed by atoms with Gasteiger partial charge in [-0.05, 0) is 13.8 Å². The van der Waals surface area contributed by atoms with Crippen LogP contribution in [-0.4, -0.2) is 42.2 Å². The van der Waals surface area contributed by atoms with Crippen LogP contribution in [0.25, 0.3) is 0 Å². The molecule has 1 radical (unpaired) electrons. The second-order valence-electron chi connectivity index (χ2n) is 3.09. The fourth-order valence-electron chi connectivity index (χ4n) is 0.742. The van der Waals surface area contributed by atoms with E-state index in [0.29, 0.717) is 0 Å². The van der Waals surface area contributed by atoms with Gasteiger partial charge in [0, 0.05) is 12.6 Å². The number of carbonyl (C=O) groups excluding carboxylic acids is 2. The predicted octanol–water partition coefficient (Wildman–Crippen LogP) is -1.73. The molecule has 4 N–H and O–H groups in total. The highest BCUT2D eigenvalue weighted by atomic mass is 16.3. The quantitative estimate of drug-likeness (QED) is 0.493. The normalized spacial score (nSPS) is 14.3. The molecule has 81 valence electrons. The van der Waals surface area contributed by atoms with E-state index in [-0.39, 0.29) is 18.5 Å². The molecule has 0 fully saturated rings. The summed E-state index contributed by atoms with van der Waals surface area (Å²) in [6, 6.07) is -1.06. The Hall–Kier alpha value is -1.14. The van der Waals surface area contributed by atoms with Crippen LogP contribution in [0, 0.1) is 0 Å². The van der Waals surface area contributed by atoms with Gasteiger partial charge in [0.15, 0.2) is 0 Å². The monoisotopic (exact) mass is 202 g/mol. The van der Waals surface area contributed by atoms with Gasteiger partial charge in [0.05, 0.1) is 6.04 Å². The van der Waals surface area contributed by atoms with E-state index in [0.717, 1.165) is 0 Å². The zero-order chi connectivity index (χ0) is 11.1. The van der Waals surface area contributed by atoms with Crippen LogP contribution in [0.4, 0.5) is 0 Å². The summed E-state index contributed by atoms with van der Waals surface area (Å²) in [6.45, 7) is 2.86. The van der Waals surface area contributed by atoms with Gasteiger partial charge in [-0.1, -0.05) is 0 Å². The molecule has 14 heavy (non-hydrogen) atoms. The summed E-state index contributed by atoms with van der Waals surface area (Å²) in [6.07, 6.45) is 0. The van der Waals surface area contributed by atoms with Crippen molar-refractivity contribution in [3.05, 3.63) is 0 Å². The number of rotatable bonds is 5. The van der Waals surface area contributed by atoms with Crippen molar-refractivity contribution < 1.29 is 14.7 Å². The van der Waals surface area contributed by atoms with Crippen molar-refractivity contribution in [3.63, 3.8) is 0 Å². The summed E-state index contributed by atoms with van der Waals surface area (Å²) in [5, 5.41) is 13.3. The van der Waals surface area contributed by atoms with Gasteiger partial charge >= 0.3 is 0 Å². The lowest BCUT2D eigenvalue weighted by molar-refractivity contribution is -0.125. The SMILES string of the molecule is CC(CNC(=O)CO)NC(=O)[C@@H](C)[NH]. The first-order valence-electron chi connectivity index (χ1n) is 4.36. The first kappa shape index (κ1) is 12.9. The highest BCUT2D eigenvalue weighted by Crippen LogP contribution is 1.83. The Kier molecular flexibility index (Phi) is 5.82. The molecule has 0 saturated carbocycles. The molecule has 2 atom stereocenters. The molecule has 6 heteroatoms. The van der Waals surface area contributed by atoms with Crippen LogP contribution in [0.5, 0.6) is 0 Å². The van der Waals surface area contributed by atoms with Crippen LogP contribution in [0.3, 0.4) is 0 Å². The molecule has 0 rings (SSSR count). The maximum atomic E-state index is 11.0. The van der Waals surface area contributed by atoms with Gasteiger partial charge in [-0.15, -0.1) is 0 Å². The third-order valence-corrected chi connectivity index (χ3v) is 1.53. The lowest BCUT2D eigenvalue weighted by atomic mass is 10.3. The molecule has 6 nitrogen and oxygen atoms in total. The molecule has 0 saturated heterocycles. The Morgan fingerprint density at radius 2 is 2.00 bits per heavy atom. The zero-order valence-electron chi connectivity index (χ0n) is 8.33. The lowest BCUT2D eigenvalue weighted by Gasteiger charge is -2.15. The van der Waals surface area contributed by atoms with Crippen molar-refractivity contribution in [2.24, 2.45) is 0 Å². The number of hydrogen-bond acceptors (Lipinski definition) is 3. The van der Waals surface area contributed by atoms with E-state index in [9.17, 15) is 9.59 Å². The van der Waals surface area contributed by atoms with E-state index in [1.165, 1.54) is 6.92 Å². The average molecular weight is 202 g/mol. The minimum Gasteiger partial charge on any atom is -0.387 e. The Morgan fingerprint density at radius 1 is 1.43 bits per heavy atom. The minimum atomic E-state index is -0.814. The zero-order valence-corrected chi connectivity index (χ0v) is 8.33. The van der Waals surface area contributed by atoms with E-state index in [1.54, 1.807) is 6.92 Å². The van der Waals surface area contributed by atoms with E-state index in [2.05, 4.69) is 10.6 Å². The van der Waals surface area contributed by atoms with Crippen molar-refractivity contribution in [2.75, 3.05) is 13.2 Å². The summed E-state index contributed by atoms with van der Waals surface area (Å²) in [5.74, 6) is -0.860. The Bertz CT molecular complexity index is 206. The maximum Gasteiger partial charge on any atom is 0.245 e. The molecule has 0 bridgehead atoms. The smallest absolute Gasteiger partial charge is 0.245 e. The highest BCUT2D eigenvalue weighted by Gasteiger charge is 2.11. The molecule has 0 spiro atoms. The van der Waals surface area contributed by atoms with E-state index in [4.69, 9.17) is 10.8 Å². The van der Waals surface area contributed by atoms with Crippen molar-refractivity contribution >= 4 is 11.8 Å². The molecule has 1 unspecified atom stereocenters. The molecular formula is C8H16N3O3. The van der Waals surface area contributed by atoms with E-state index >= 15 is 0 Å². The van der Waals surface area contributed by atoms with Gasteiger partial charge < -0.3 is 15.7 Å². The Morgan fingerprint density at radius 3 is 2.43 bits per heavy atom. The Labute approximate surface area is 82.9 Å². The molecule has 0 aliphatic heterocycles. The number of hydrogen-bond donors (Lipinski definition) is 3. The summed E-state index contributed by atoms with van der Waals surface area (Å²) >= 11 is 0. The standard InChI is InChI=1S/C8H16N3O3/c1-5(3-10-7(13)4-12)11-8(14)6(2)9/h5-6,9,12H,3-4H2,1-2H3,(H,10,13)(H,11,14)/t5?,6-/m1/s1. The summed E-state index contributed by atoms with van der Waals surface area (Å²) < 4.78 is 0. The molecular weight excluding hydrogens is 186 g/mol. The van der Waals surface area contributed by atoms with E-state index < -0.39 is 18.6 Å². The first-order chi connectivity index (χ1) is 6.47. The summed E-state index contributed by atoms with van der Waals surface area (Å²) in [7, 11) is 0. The van der Waals surface area contributed by atoms with E-state index in [1.807, 2.05) is 0 Å². The topological polar surface area (TPSA) is 102 Å². The lowest BCUT2D eigenvalue weighted by Crippen LogP contribution is -2.45. The van der Waals surface area contributed by atoms with Crippen LogP contribution >= 0.6 is 0 Å². The van der Waals surface area contributed by atoms with Crippen molar-refractivity contribution in [3.8, 4) is 0 Å². The number of aliphatic hydroxyl groups excluding tert-OH is 1. The van der Waals surface area contributed by atoms with Crippen LogP contribution < -0.4 is 16.4 Å². The fraction of sp³-hybridized carbons (Fsp3) is 0.750. The largest absolute Gasteiger partial charge is 0.387 e. The van der Waals surface area contributed by atoms with Gasteiger partial charge in [-0.2, -0.15) is 0 Å². The average Bonchev–Trinajstić information content (AvgIpc) is 2.13. The molecule has 2 amide bonds. The number of nitrogens with one attached hydrogen (secondary N) is 3. The third kappa shape index (κ3) is 5.50. The third-order valence-electron chi connectivity index (χ3n) is 1.53. The van der Waals surface area contributed by atoms with Gasteiger partial charge in [0.1, 0.15) is 6.61 Å². The molecule has 0 aromatic rings. The Balaban J connectivity index is 3.70. The summed E-state index contributed by atoms with van der Waals surface area (Å²) in [4.78, 5) is 21.6. The number of aliphatic hydroxyl groups is 1. The molecule has 0 aliphatic rings. The van der Waals surface area contributed by atoms with Crippen LogP contribution in [0.1, 0.15) is 13.8 Å². The highest BCUT2D eigenvalue weighted by molar-refractivity contribution is 5.81. The fourth-order valence-corrected chi connectivity index (χ4v) is 0.742. The van der Waals surface area contributed by atoms with Crippen LogP contribution in [0.15, 0.2) is 0 Å².